The third-order valence-electron chi connectivity index (χ3n) is 8.61. The largest absolute Gasteiger partial charge is 0.444 e. The molecule has 0 bridgehead atoms. The first-order chi connectivity index (χ1) is 22.1. The molecular formula is C32H38F3N7O5. The molecule has 15 heteroatoms. The van der Waals surface area contributed by atoms with Gasteiger partial charge in [-0.25, -0.2) is 4.79 Å². The van der Waals surface area contributed by atoms with Gasteiger partial charge in [-0.15, -0.1) is 5.10 Å². The topological polar surface area (TPSA) is 123 Å². The maximum absolute atomic E-state index is 14.1. The highest BCUT2D eigenvalue weighted by Crippen LogP contribution is 2.42. The number of hydrogen-bond acceptors (Lipinski definition) is 8. The third kappa shape index (κ3) is 6.32. The zero-order chi connectivity index (χ0) is 33.9. The first kappa shape index (κ1) is 32.5. The van der Waals surface area contributed by atoms with Crippen molar-refractivity contribution in [2.24, 2.45) is 5.41 Å². The van der Waals surface area contributed by atoms with Crippen LogP contribution >= 0.6 is 0 Å². The molecule has 2 aromatic heterocycles. The maximum atomic E-state index is 14.1. The molecule has 12 nitrogen and oxygen atoms in total. The number of rotatable bonds is 6. The van der Waals surface area contributed by atoms with Gasteiger partial charge >= 0.3 is 12.3 Å². The van der Waals surface area contributed by atoms with E-state index >= 15 is 0 Å². The molecule has 252 valence electrons. The van der Waals surface area contributed by atoms with Crippen molar-refractivity contribution in [1.82, 2.24) is 24.1 Å². The number of anilines is 2. The van der Waals surface area contributed by atoms with Crippen LogP contribution in [0.15, 0.2) is 29.1 Å². The molecule has 47 heavy (non-hydrogen) atoms. The summed E-state index contributed by atoms with van der Waals surface area (Å²) in [7, 11) is 0. The lowest BCUT2D eigenvalue weighted by atomic mass is 9.72. The Morgan fingerprint density at radius 1 is 1.13 bits per heavy atom. The highest BCUT2D eigenvalue weighted by Gasteiger charge is 2.55. The summed E-state index contributed by atoms with van der Waals surface area (Å²) >= 11 is 0. The van der Waals surface area contributed by atoms with Crippen LogP contribution < -0.4 is 15.8 Å². The predicted octanol–water partition coefficient (Wildman–Crippen LogP) is 4.28. The highest BCUT2D eigenvalue weighted by atomic mass is 19.4. The minimum absolute atomic E-state index is 0.175. The van der Waals surface area contributed by atoms with Gasteiger partial charge in [-0.05, 0) is 69.9 Å². The third-order valence-corrected chi connectivity index (χ3v) is 8.61. The number of ether oxygens (including phenoxy) is 2. The summed E-state index contributed by atoms with van der Waals surface area (Å²) in [6, 6.07) is 3.14. The van der Waals surface area contributed by atoms with Crippen molar-refractivity contribution >= 4 is 34.7 Å². The van der Waals surface area contributed by atoms with Gasteiger partial charge in [-0.1, -0.05) is 13.0 Å². The fourth-order valence-electron chi connectivity index (χ4n) is 6.45. The van der Waals surface area contributed by atoms with E-state index in [0.29, 0.717) is 69.4 Å². The molecule has 2 fully saturated rings. The van der Waals surface area contributed by atoms with Gasteiger partial charge in [0.15, 0.2) is 5.82 Å². The Labute approximate surface area is 269 Å². The molecule has 0 unspecified atom stereocenters. The number of carbonyl (C=O) groups excluding carboxylic acids is 2. The number of likely N-dealkylation sites (tertiary alicyclic amines) is 1. The molecule has 1 N–H and O–H groups in total. The fraction of sp³-hybridized carbons (Fsp3) is 0.531. The first-order valence-electron chi connectivity index (χ1n) is 15.6. The van der Waals surface area contributed by atoms with Gasteiger partial charge in [0, 0.05) is 37.3 Å². The van der Waals surface area contributed by atoms with E-state index in [2.05, 4.69) is 10.4 Å². The number of fused-ring (bicyclic) bond motifs is 1. The summed E-state index contributed by atoms with van der Waals surface area (Å²) in [4.78, 5) is 48.4. The Bertz CT molecular complexity index is 1830. The fourth-order valence-corrected chi connectivity index (χ4v) is 6.45. The van der Waals surface area contributed by atoms with Crippen LogP contribution in [0.5, 0.6) is 0 Å². The van der Waals surface area contributed by atoms with Crippen LogP contribution in [0.25, 0.3) is 11.4 Å². The Kier molecular flexibility index (Phi) is 8.09. The summed E-state index contributed by atoms with van der Waals surface area (Å²) in [6.45, 7) is 11.5. The van der Waals surface area contributed by atoms with Crippen molar-refractivity contribution in [3.05, 3.63) is 57.3 Å². The van der Waals surface area contributed by atoms with E-state index < -0.39 is 23.2 Å². The molecule has 1 aromatic carbocycles. The number of carbonyl (C=O) groups is 2. The number of alkyl halides is 3. The van der Waals surface area contributed by atoms with Gasteiger partial charge in [0.2, 0.25) is 11.7 Å². The molecule has 2 amide bonds. The summed E-state index contributed by atoms with van der Waals surface area (Å²) in [6.07, 6.45) is -2.06. The van der Waals surface area contributed by atoms with Gasteiger partial charge in [-0.2, -0.15) is 22.7 Å². The Hall–Kier alpha value is -4.40. The van der Waals surface area contributed by atoms with Crippen LogP contribution in [0.2, 0.25) is 0 Å². The second-order valence-electron chi connectivity index (χ2n) is 13.5. The minimum Gasteiger partial charge on any atom is -0.444 e. The molecule has 0 atom stereocenters. The van der Waals surface area contributed by atoms with Crippen LogP contribution in [0, 0.1) is 12.3 Å². The van der Waals surface area contributed by atoms with Crippen molar-refractivity contribution in [2.75, 3.05) is 49.6 Å². The van der Waals surface area contributed by atoms with Gasteiger partial charge in [-0.3, -0.25) is 9.59 Å². The Morgan fingerprint density at radius 3 is 2.45 bits per heavy atom. The van der Waals surface area contributed by atoms with Crippen molar-refractivity contribution in [3.63, 3.8) is 0 Å². The Morgan fingerprint density at radius 2 is 1.85 bits per heavy atom. The van der Waals surface area contributed by atoms with Crippen LogP contribution in [0.4, 0.5) is 29.3 Å². The average Bonchev–Trinajstić information content (AvgIpc) is 3.40. The number of amides is 2. The normalized spacial score (nSPS) is 17.7. The summed E-state index contributed by atoms with van der Waals surface area (Å²) in [5.74, 6) is 0.0534. The number of nitrogens with zero attached hydrogens (tertiary/aromatic N) is 6. The summed E-state index contributed by atoms with van der Waals surface area (Å²) in [5, 5.41) is 7.29. The van der Waals surface area contributed by atoms with Crippen molar-refractivity contribution in [2.45, 2.75) is 65.8 Å². The number of hydrogen-bond donors (Lipinski definition) is 1. The maximum Gasteiger partial charge on any atom is 0.416 e. The molecule has 3 aromatic rings. The van der Waals surface area contributed by atoms with E-state index in [1.807, 2.05) is 38.7 Å². The standard InChI is InChI=1S/C32H38F3N7O5/c1-6-23-25(39-15-31(16-39)17-40(18-31)29(45)47-30(3,4)5)27(44)42-28(37-26(38-42)20-9-11-46-12-10-20)41(23)14-24(43)36-22-8-7-21(13-19(22)2)32(33,34)35/h7-9,13H,6,10-12,14-18H2,1-5H3,(H,36,43). The molecule has 2 saturated heterocycles. The van der Waals surface area contributed by atoms with Gasteiger partial charge in [0.1, 0.15) is 17.8 Å². The molecule has 6 rings (SSSR count). The van der Waals surface area contributed by atoms with E-state index in [1.165, 1.54) is 17.5 Å². The second-order valence-corrected chi connectivity index (χ2v) is 13.5. The predicted molar refractivity (Wildman–Crippen MR) is 167 cm³/mol. The summed E-state index contributed by atoms with van der Waals surface area (Å²) < 4.78 is 53.4. The van der Waals surface area contributed by atoms with Crippen LogP contribution in [-0.2, 0) is 33.4 Å². The van der Waals surface area contributed by atoms with Gasteiger partial charge < -0.3 is 29.2 Å². The van der Waals surface area contributed by atoms with E-state index in [-0.39, 0.29) is 40.6 Å². The zero-order valence-electron chi connectivity index (χ0n) is 27.0. The van der Waals surface area contributed by atoms with Crippen LogP contribution in [-0.4, -0.2) is 81.1 Å². The van der Waals surface area contributed by atoms with Gasteiger partial charge in [0.25, 0.3) is 5.56 Å². The van der Waals surface area contributed by atoms with E-state index in [9.17, 15) is 27.6 Å². The number of benzene rings is 1. The monoisotopic (exact) mass is 657 g/mol. The quantitative estimate of drug-likeness (QED) is 0.417. The van der Waals surface area contributed by atoms with Gasteiger partial charge in [0.05, 0.1) is 24.5 Å². The van der Waals surface area contributed by atoms with E-state index in [1.54, 1.807) is 9.47 Å². The molecule has 1 spiro atoms. The average molecular weight is 658 g/mol. The van der Waals surface area contributed by atoms with E-state index in [4.69, 9.17) is 14.5 Å². The number of nitrogens with one attached hydrogen (secondary N) is 1. The molecule has 0 aliphatic carbocycles. The number of aromatic nitrogens is 4. The second kappa shape index (κ2) is 11.7. The van der Waals surface area contributed by atoms with Crippen molar-refractivity contribution in [1.29, 1.82) is 0 Å². The molecular weight excluding hydrogens is 619 g/mol. The van der Waals surface area contributed by atoms with Crippen LogP contribution in [0.3, 0.4) is 0 Å². The van der Waals surface area contributed by atoms with Crippen molar-refractivity contribution in [3.8, 4) is 0 Å². The summed E-state index contributed by atoms with van der Waals surface area (Å²) in [5.41, 5.74) is 0.376. The smallest absolute Gasteiger partial charge is 0.416 e. The molecule has 3 aliphatic rings. The highest BCUT2D eigenvalue weighted by molar-refractivity contribution is 5.91. The van der Waals surface area contributed by atoms with E-state index in [0.717, 1.165) is 17.7 Å². The zero-order valence-corrected chi connectivity index (χ0v) is 27.0. The number of aryl methyl sites for hydroxylation is 1. The lowest BCUT2D eigenvalue weighted by Crippen LogP contribution is -2.74. The first-order valence-corrected chi connectivity index (χ1v) is 15.6. The lowest BCUT2D eigenvalue weighted by molar-refractivity contribution is -0.137. The van der Waals surface area contributed by atoms with Crippen LogP contribution in [0.1, 0.15) is 56.8 Å². The molecule has 5 heterocycles. The molecule has 0 saturated carbocycles. The Balaban J connectivity index is 1.31. The van der Waals surface area contributed by atoms with Crippen molar-refractivity contribution < 1.29 is 32.2 Å². The molecule has 3 aliphatic heterocycles. The SMILES string of the molecule is CCc1c(N2CC3(CN(C(=O)OC(C)(C)C)C3)C2)c(=O)n2nc(C3=CCOCC3)nc2n1CC(=O)Nc1ccc(C(F)(F)F)cc1C. The number of halogens is 3. The molecule has 0 radical (unpaired) electrons. The lowest BCUT2D eigenvalue weighted by Gasteiger charge is -2.60. The minimum atomic E-state index is -4.50.